The van der Waals surface area contributed by atoms with Crippen LogP contribution in [-0.2, 0) is 20.0 Å². The van der Waals surface area contributed by atoms with Crippen LogP contribution in [0.15, 0.2) is 83.6 Å². The second-order valence-corrected chi connectivity index (χ2v) is 8.86. The molecule has 0 atom stereocenters. The summed E-state index contributed by atoms with van der Waals surface area (Å²) in [5.41, 5.74) is 0. The van der Waals surface area contributed by atoms with Crippen molar-refractivity contribution in [3.63, 3.8) is 0 Å². The summed E-state index contributed by atoms with van der Waals surface area (Å²) < 4.78 is 58.4. The maximum atomic E-state index is 12.0. The Hall–Kier alpha value is -2.46. The van der Waals surface area contributed by atoms with Gasteiger partial charge in [-0.1, -0.05) is 12.2 Å². The van der Waals surface area contributed by atoms with E-state index in [1.807, 2.05) is 0 Å². The highest BCUT2D eigenvalue weighted by molar-refractivity contribution is 7.89. The van der Waals surface area contributed by atoms with Gasteiger partial charge in [0.15, 0.2) is 0 Å². The fourth-order valence-electron chi connectivity index (χ4n) is 2.01. The van der Waals surface area contributed by atoms with Crippen LogP contribution >= 0.6 is 0 Å². The normalized spacial score (nSPS) is 11.7. The van der Waals surface area contributed by atoms with Crippen molar-refractivity contribution in [2.45, 2.75) is 9.79 Å². The van der Waals surface area contributed by atoms with Gasteiger partial charge in [0, 0.05) is 13.1 Å². The van der Waals surface area contributed by atoms with E-state index in [1.165, 1.54) is 60.7 Å². The zero-order chi connectivity index (χ0) is 19.9. The molecule has 0 aromatic heterocycles. The van der Waals surface area contributed by atoms with Crippen molar-refractivity contribution >= 4 is 20.0 Å². The van der Waals surface area contributed by atoms with Gasteiger partial charge >= 0.3 is 0 Å². The molecule has 0 saturated heterocycles. The van der Waals surface area contributed by atoms with Gasteiger partial charge in [-0.15, -0.1) is 13.2 Å². The Bertz CT molecular complexity index is 913. The highest BCUT2D eigenvalue weighted by Gasteiger charge is 2.14. The number of ether oxygens (including phenoxy) is 1. The van der Waals surface area contributed by atoms with Crippen molar-refractivity contribution in [2.24, 2.45) is 0 Å². The molecule has 0 fully saturated rings. The minimum Gasteiger partial charge on any atom is -0.457 e. The predicted molar refractivity (Wildman–Crippen MR) is 104 cm³/mol. The molecule has 9 heteroatoms. The first-order valence-electron chi connectivity index (χ1n) is 7.87. The highest BCUT2D eigenvalue weighted by Crippen LogP contribution is 2.24. The number of hydrogen-bond donors (Lipinski definition) is 2. The molecule has 7 nitrogen and oxygen atoms in total. The molecule has 0 amide bonds. The number of rotatable bonds is 10. The van der Waals surface area contributed by atoms with Crippen molar-refractivity contribution in [3.05, 3.63) is 73.8 Å². The van der Waals surface area contributed by atoms with Crippen molar-refractivity contribution in [1.29, 1.82) is 0 Å². The molecule has 0 aliphatic rings. The highest BCUT2D eigenvalue weighted by atomic mass is 32.2. The lowest BCUT2D eigenvalue weighted by molar-refractivity contribution is 0.481. The summed E-state index contributed by atoms with van der Waals surface area (Å²) in [7, 11) is -7.20. The van der Waals surface area contributed by atoms with E-state index in [0.29, 0.717) is 11.5 Å². The molecule has 0 spiro atoms. The van der Waals surface area contributed by atoms with Gasteiger partial charge in [0.2, 0.25) is 20.0 Å². The van der Waals surface area contributed by atoms with Gasteiger partial charge in [0.1, 0.15) is 11.5 Å². The van der Waals surface area contributed by atoms with Crippen LogP contribution in [0.1, 0.15) is 0 Å². The van der Waals surface area contributed by atoms with Crippen LogP contribution < -0.4 is 14.2 Å². The van der Waals surface area contributed by atoms with Crippen molar-refractivity contribution in [3.8, 4) is 11.5 Å². The van der Waals surface area contributed by atoms with E-state index in [-0.39, 0.29) is 22.9 Å². The maximum Gasteiger partial charge on any atom is 0.240 e. The molecule has 2 aromatic carbocycles. The lowest BCUT2D eigenvalue weighted by Crippen LogP contribution is -2.23. The summed E-state index contributed by atoms with van der Waals surface area (Å²) in [6.45, 7) is 7.20. The van der Waals surface area contributed by atoms with Gasteiger partial charge in [-0.3, -0.25) is 0 Å². The Morgan fingerprint density at radius 1 is 0.704 bits per heavy atom. The summed E-state index contributed by atoms with van der Waals surface area (Å²) in [6.07, 6.45) is 2.90. The standard InChI is InChI=1S/C18H20N2O5S2/c1-3-13-19-26(21,22)17-9-5-15(6-10-17)25-16-7-11-18(12-8-16)27(23,24)20-14-4-2/h3-12,19-20H,1-2,13-14H2. The zero-order valence-electron chi connectivity index (χ0n) is 14.5. The van der Waals surface area contributed by atoms with Crippen LogP contribution in [0.2, 0.25) is 0 Å². The molecule has 0 radical (unpaired) electrons. The summed E-state index contributed by atoms with van der Waals surface area (Å²) >= 11 is 0. The van der Waals surface area contributed by atoms with Crippen molar-refractivity contribution in [1.82, 2.24) is 9.44 Å². The Morgan fingerprint density at radius 3 is 1.33 bits per heavy atom. The zero-order valence-corrected chi connectivity index (χ0v) is 16.1. The molecule has 2 N–H and O–H groups in total. The van der Waals surface area contributed by atoms with Crippen molar-refractivity contribution in [2.75, 3.05) is 13.1 Å². The molecule has 0 saturated carbocycles. The van der Waals surface area contributed by atoms with Crippen LogP contribution in [0.3, 0.4) is 0 Å². The van der Waals surface area contributed by atoms with E-state index < -0.39 is 20.0 Å². The minimum absolute atomic E-state index is 0.103. The van der Waals surface area contributed by atoms with Gasteiger partial charge < -0.3 is 4.74 Å². The van der Waals surface area contributed by atoms with Crippen LogP contribution in [0.25, 0.3) is 0 Å². The molecule has 144 valence electrons. The van der Waals surface area contributed by atoms with Gasteiger partial charge in [0.25, 0.3) is 0 Å². The van der Waals surface area contributed by atoms with Gasteiger partial charge in [-0.2, -0.15) is 0 Å². The van der Waals surface area contributed by atoms with Crippen LogP contribution in [0, 0.1) is 0 Å². The molecule has 0 aliphatic carbocycles. The summed E-state index contributed by atoms with van der Waals surface area (Å²) in [5.74, 6) is 0.830. The molecule has 27 heavy (non-hydrogen) atoms. The first-order chi connectivity index (χ1) is 12.8. The third-order valence-electron chi connectivity index (χ3n) is 3.34. The molecular weight excluding hydrogens is 388 g/mol. The molecule has 2 rings (SSSR count). The Morgan fingerprint density at radius 2 is 1.04 bits per heavy atom. The van der Waals surface area contributed by atoms with E-state index >= 15 is 0 Å². The third kappa shape index (κ3) is 5.76. The molecule has 0 aliphatic heterocycles. The first kappa shape index (κ1) is 20.8. The second kappa shape index (κ2) is 8.96. The SMILES string of the molecule is C=CCNS(=O)(=O)c1ccc(Oc2ccc(S(=O)(=O)NCC=C)cc2)cc1. The topological polar surface area (TPSA) is 102 Å². The van der Waals surface area contributed by atoms with E-state index in [1.54, 1.807) is 0 Å². The fourth-order valence-corrected chi connectivity index (χ4v) is 4.01. The van der Waals surface area contributed by atoms with Gasteiger partial charge in [-0.05, 0) is 48.5 Å². The smallest absolute Gasteiger partial charge is 0.240 e. The average molecular weight is 409 g/mol. The molecule has 0 unspecified atom stereocenters. The Labute approximate surface area is 159 Å². The Balaban J connectivity index is 2.09. The molecular formula is C18H20N2O5S2. The number of sulfonamides is 2. The quantitative estimate of drug-likeness (QED) is 0.588. The van der Waals surface area contributed by atoms with Crippen LogP contribution in [0.4, 0.5) is 0 Å². The number of nitrogens with one attached hydrogen (secondary N) is 2. The number of hydrogen-bond acceptors (Lipinski definition) is 5. The minimum atomic E-state index is -3.60. The lowest BCUT2D eigenvalue weighted by atomic mass is 10.3. The van der Waals surface area contributed by atoms with E-state index in [0.717, 1.165) is 0 Å². The Kier molecular flexibility index (Phi) is 6.92. The monoisotopic (exact) mass is 408 g/mol. The average Bonchev–Trinajstić information content (AvgIpc) is 2.66. The largest absolute Gasteiger partial charge is 0.457 e. The lowest BCUT2D eigenvalue weighted by Gasteiger charge is -2.09. The van der Waals surface area contributed by atoms with Gasteiger partial charge in [0.05, 0.1) is 9.79 Å². The number of benzene rings is 2. The maximum absolute atomic E-state index is 12.0. The van der Waals surface area contributed by atoms with E-state index in [4.69, 9.17) is 4.74 Å². The second-order valence-electron chi connectivity index (χ2n) is 5.33. The summed E-state index contributed by atoms with van der Waals surface area (Å²) in [6, 6.07) is 11.7. The third-order valence-corrected chi connectivity index (χ3v) is 6.22. The van der Waals surface area contributed by atoms with Crippen LogP contribution in [0.5, 0.6) is 11.5 Å². The fraction of sp³-hybridized carbons (Fsp3) is 0.111. The first-order valence-corrected chi connectivity index (χ1v) is 10.8. The van der Waals surface area contributed by atoms with E-state index in [9.17, 15) is 16.8 Å². The summed E-state index contributed by atoms with van der Waals surface area (Å²) in [4.78, 5) is 0.206. The van der Waals surface area contributed by atoms with Crippen LogP contribution in [-0.4, -0.2) is 29.9 Å². The summed E-state index contributed by atoms with van der Waals surface area (Å²) in [5, 5.41) is 0. The molecule has 0 bridgehead atoms. The van der Waals surface area contributed by atoms with Gasteiger partial charge in [-0.25, -0.2) is 26.3 Å². The van der Waals surface area contributed by atoms with E-state index in [2.05, 4.69) is 22.6 Å². The molecule has 0 heterocycles. The molecule has 2 aromatic rings. The predicted octanol–water partition coefficient (Wildman–Crippen LogP) is 2.41. The van der Waals surface area contributed by atoms with Crippen molar-refractivity contribution < 1.29 is 21.6 Å².